The summed E-state index contributed by atoms with van der Waals surface area (Å²) in [4.78, 5) is 11.9. The van der Waals surface area contributed by atoms with Crippen LogP contribution in [0.1, 0.15) is 28.5 Å². The summed E-state index contributed by atoms with van der Waals surface area (Å²) in [5, 5.41) is 8.15. The van der Waals surface area contributed by atoms with E-state index < -0.39 is 0 Å². The third-order valence-electron chi connectivity index (χ3n) is 3.63. The van der Waals surface area contributed by atoms with Crippen LogP contribution >= 0.6 is 0 Å². The molecule has 0 atom stereocenters. The molecule has 0 spiro atoms. The summed E-state index contributed by atoms with van der Waals surface area (Å²) in [7, 11) is 1.64. The molecule has 0 fully saturated rings. The lowest BCUT2D eigenvalue weighted by Gasteiger charge is -2.01. The number of hydrogen-bond acceptors (Lipinski definition) is 4. The van der Waals surface area contributed by atoms with Crippen LogP contribution in [-0.4, -0.2) is 29.9 Å². The van der Waals surface area contributed by atoms with Crippen molar-refractivity contribution in [3.63, 3.8) is 0 Å². The van der Waals surface area contributed by atoms with Crippen LogP contribution in [0, 0.1) is 0 Å². The lowest BCUT2D eigenvalue weighted by Crippen LogP contribution is -2.04. The summed E-state index contributed by atoms with van der Waals surface area (Å²) in [6.07, 6.45) is 3.86. The number of aromatic nitrogens is 2. The van der Waals surface area contributed by atoms with Crippen molar-refractivity contribution in [2.24, 2.45) is 0 Å². The zero-order chi connectivity index (χ0) is 16.9. The SMILES string of the molecule is CCOC(=O)c1ccc2[nH]nc(/C=C/c3cccc(OC)c3)c2c1. The molecule has 24 heavy (non-hydrogen) atoms. The molecule has 5 nitrogen and oxygen atoms in total. The maximum atomic E-state index is 11.9. The number of carbonyl (C=O) groups is 1. The van der Waals surface area contributed by atoms with Gasteiger partial charge in [-0.1, -0.05) is 18.2 Å². The molecule has 0 saturated carbocycles. The van der Waals surface area contributed by atoms with Gasteiger partial charge in [0.25, 0.3) is 0 Å². The summed E-state index contributed by atoms with van der Waals surface area (Å²) in [6, 6.07) is 13.1. The summed E-state index contributed by atoms with van der Waals surface area (Å²) in [5.74, 6) is 0.469. The third-order valence-corrected chi connectivity index (χ3v) is 3.63. The third kappa shape index (κ3) is 3.30. The van der Waals surface area contributed by atoms with Gasteiger partial charge in [0, 0.05) is 5.39 Å². The Bertz CT molecular complexity index is 897. The minimum Gasteiger partial charge on any atom is -0.497 e. The van der Waals surface area contributed by atoms with Crippen molar-refractivity contribution < 1.29 is 14.3 Å². The van der Waals surface area contributed by atoms with Crippen LogP contribution in [0.15, 0.2) is 42.5 Å². The van der Waals surface area contributed by atoms with Gasteiger partial charge < -0.3 is 9.47 Å². The van der Waals surface area contributed by atoms with Crippen LogP contribution in [0.3, 0.4) is 0 Å². The molecule has 0 aliphatic carbocycles. The summed E-state index contributed by atoms with van der Waals surface area (Å²) < 4.78 is 10.3. The molecular weight excluding hydrogens is 304 g/mol. The fourth-order valence-corrected chi connectivity index (χ4v) is 2.42. The number of esters is 1. The molecule has 2 aromatic carbocycles. The van der Waals surface area contributed by atoms with Gasteiger partial charge in [-0.3, -0.25) is 5.10 Å². The molecule has 3 rings (SSSR count). The van der Waals surface area contributed by atoms with Crippen LogP contribution < -0.4 is 4.74 Å². The zero-order valence-electron chi connectivity index (χ0n) is 13.6. The van der Waals surface area contributed by atoms with Gasteiger partial charge in [-0.25, -0.2) is 4.79 Å². The maximum Gasteiger partial charge on any atom is 0.338 e. The first-order valence-electron chi connectivity index (χ1n) is 7.68. The first-order valence-corrected chi connectivity index (χ1v) is 7.68. The van der Waals surface area contributed by atoms with Gasteiger partial charge in [0.15, 0.2) is 0 Å². The number of H-pyrrole nitrogens is 1. The number of carbonyl (C=O) groups excluding carboxylic acids is 1. The highest BCUT2D eigenvalue weighted by Crippen LogP contribution is 2.21. The minimum absolute atomic E-state index is 0.330. The van der Waals surface area contributed by atoms with E-state index in [0.29, 0.717) is 12.2 Å². The Hall–Kier alpha value is -3.08. The topological polar surface area (TPSA) is 64.2 Å². The van der Waals surface area contributed by atoms with Gasteiger partial charge in [-0.15, -0.1) is 0 Å². The van der Waals surface area contributed by atoms with Gasteiger partial charge in [-0.2, -0.15) is 5.10 Å². The molecule has 1 aromatic heterocycles. The van der Waals surface area contributed by atoms with Crippen LogP contribution in [0.2, 0.25) is 0 Å². The standard InChI is InChI=1S/C19H18N2O3/c1-3-24-19(22)14-8-10-18-16(12-14)17(20-21-18)9-7-13-5-4-6-15(11-13)23-2/h4-12H,3H2,1-2H3,(H,20,21)/b9-7+. The number of fused-ring (bicyclic) bond motifs is 1. The second-order valence-corrected chi connectivity index (χ2v) is 5.20. The maximum absolute atomic E-state index is 11.9. The van der Waals surface area contributed by atoms with Gasteiger partial charge in [-0.05, 0) is 48.9 Å². The predicted octanol–water partition coefficient (Wildman–Crippen LogP) is 3.92. The van der Waals surface area contributed by atoms with Gasteiger partial charge in [0.05, 0.1) is 30.5 Å². The summed E-state index contributed by atoms with van der Waals surface area (Å²) >= 11 is 0. The second-order valence-electron chi connectivity index (χ2n) is 5.20. The second kappa shape index (κ2) is 7.00. The molecule has 1 N–H and O–H groups in total. The molecule has 0 aliphatic rings. The number of methoxy groups -OCH3 is 1. The predicted molar refractivity (Wildman–Crippen MR) is 94.0 cm³/mol. The van der Waals surface area contributed by atoms with Crippen LogP contribution in [0.25, 0.3) is 23.1 Å². The van der Waals surface area contributed by atoms with Crippen LogP contribution in [0.4, 0.5) is 0 Å². The largest absolute Gasteiger partial charge is 0.497 e. The van der Waals surface area contributed by atoms with E-state index in [0.717, 1.165) is 27.9 Å². The van der Waals surface area contributed by atoms with Crippen LogP contribution in [0.5, 0.6) is 5.75 Å². The molecule has 0 radical (unpaired) electrons. The number of aromatic amines is 1. The van der Waals surface area contributed by atoms with E-state index in [9.17, 15) is 4.79 Å². The van der Waals surface area contributed by atoms with E-state index in [2.05, 4.69) is 10.2 Å². The summed E-state index contributed by atoms with van der Waals surface area (Å²) in [5.41, 5.74) is 3.15. The van der Waals surface area contributed by atoms with E-state index in [1.54, 1.807) is 26.2 Å². The molecule has 0 aliphatic heterocycles. The molecule has 0 bridgehead atoms. The lowest BCUT2D eigenvalue weighted by atomic mass is 10.1. The highest BCUT2D eigenvalue weighted by atomic mass is 16.5. The van der Waals surface area contributed by atoms with Gasteiger partial charge in [0.1, 0.15) is 5.75 Å². The van der Waals surface area contributed by atoms with E-state index in [4.69, 9.17) is 9.47 Å². The molecule has 0 unspecified atom stereocenters. The Morgan fingerprint density at radius 2 is 2.08 bits per heavy atom. The highest BCUT2D eigenvalue weighted by molar-refractivity contribution is 5.97. The number of benzene rings is 2. The highest BCUT2D eigenvalue weighted by Gasteiger charge is 2.10. The molecule has 3 aromatic rings. The normalized spacial score (nSPS) is 11.1. The molecule has 0 amide bonds. The monoisotopic (exact) mass is 322 g/mol. The number of nitrogens with zero attached hydrogens (tertiary/aromatic N) is 1. The van der Waals surface area contributed by atoms with E-state index in [-0.39, 0.29) is 5.97 Å². The van der Waals surface area contributed by atoms with Gasteiger partial charge >= 0.3 is 5.97 Å². The van der Waals surface area contributed by atoms with E-state index >= 15 is 0 Å². The first-order chi connectivity index (χ1) is 11.7. The van der Waals surface area contributed by atoms with Crippen molar-refractivity contribution >= 4 is 29.0 Å². The smallest absolute Gasteiger partial charge is 0.338 e. The number of nitrogens with one attached hydrogen (secondary N) is 1. The fraction of sp³-hybridized carbons (Fsp3) is 0.158. The molecule has 1 heterocycles. The van der Waals surface area contributed by atoms with Crippen molar-refractivity contribution in [2.75, 3.05) is 13.7 Å². The Kier molecular flexibility index (Phi) is 4.61. The summed E-state index contributed by atoms with van der Waals surface area (Å²) in [6.45, 7) is 2.14. The Morgan fingerprint density at radius 1 is 1.21 bits per heavy atom. The average molecular weight is 322 g/mol. The van der Waals surface area contributed by atoms with E-state index in [1.807, 2.05) is 42.5 Å². The Labute approximate surface area is 139 Å². The van der Waals surface area contributed by atoms with Crippen molar-refractivity contribution in [3.05, 3.63) is 59.3 Å². The van der Waals surface area contributed by atoms with Crippen molar-refractivity contribution in [3.8, 4) is 5.75 Å². The minimum atomic E-state index is -0.330. The Balaban J connectivity index is 1.92. The number of rotatable bonds is 5. The number of hydrogen-bond donors (Lipinski definition) is 1. The molecule has 122 valence electrons. The van der Waals surface area contributed by atoms with Crippen molar-refractivity contribution in [1.29, 1.82) is 0 Å². The molecule has 5 heteroatoms. The average Bonchev–Trinajstić information content (AvgIpc) is 3.02. The zero-order valence-corrected chi connectivity index (χ0v) is 13.6. The van der Waals surface area contributed by atoms with Gasteiger partial charge in [0.2, 0.25) is 0 Å². The first kappa shape index (κ1) is 15.8. The quantitative estimate of drug-likeness (QED) is 0.723. The van der Waals surface area contributed by atoms with Crippen molar-refractivity contribution in [2.45, 2.75) is 6.92 Å². The Morgan fingerprint density at radius 3 is 2.88 bits per heavy atom. The lowest BCUT2D eigenvalue weighted by molar-refractivity contribution is 0.0526. The number of ether oxygens (including phenoxy) is 2. The van der Waals surface area contributed by atoms with Crippen LogP contribution in [-0.2, 0) is 4.74 Å². The van der Waals surface area contributed by atoms with Crippen molar-refractivity contribution in [1.82, 2.24) is 10.2 Å². The fourth-order valence-electron chi connectivity index (χ4n) is 2.42. The molecule has 0 saturated heterocycles. The van der Waals surface area contributed by atoms with E-state index in [1.165, 1.54) is 0 Å². The molecular formula is C19H18N2O3.